The van der Waals surface area contributed by atoms with Crippen LogP contribution >= 0.6 is 0 Å². The van der Waals surface area contributed by atoms with Crippen molar-refractivity contribution in [2.75, 3.05) is 31.6 Å². The van der Waals surface area contributed by atoms with Crippen LogP contribution in [0.2, 0.25) is 0 Å². The van der Waals surface area contributed by atoms with Gasteiger partial charge in [0.1, 0.15) is 6.04 Å². The van der Waals surface area contributed by atoms with Gasteiger partial charge < -0.3 is 20.7 Å². The van der Waals surface area contributed by atoms with Gasteiger partial charge in [-0.05, 0) is 67.3 Å². The Morgan fingerprint density at radius 1 is 0.977 bits per heavy atom. The van der Waals surface area contributed by atoms with Crippen molar-refractivity contribution in [3.8, 4) is 0 Å². The van der Waals surface area contributed by atoms with E-state index in [4.69, 9.17) is 4.74 Å². The van der Waals surface area contributed by atoms with Gasteiger partial charge in [-0.2, -0.15) is 4.31 Å². The summed E-state index contributed by atoms with van der Waals surface area (Å²) in [6.45, 7) is 1.48. The molecule has 4 aliphatic rings. The Hall–Kier alpha value is -3.54. The van der Waals surface area contributed by atoms with E-state index in [9.17, 15) is 22.8 Å². The average Bonchev–Trinajstić information content (AvgIpc) is 3.39. The Morgan fingerprint density at radius 2 is 1.77 bits per heavy atom. The lowest BCUT2D eigenvalue weighted by molar-refractivity contribution is -0.140. The van der Waals surface area contributed by atoms with Gasteiger partial charge >= 0.3 is 0 Å². The zero-order valence-electron chi connectivity index (χ0n) is 24.1. The molecule has 0 saturated carbocycles. The summed E-state index contributed by atoms with van der Waals surface area (Å²) in [7, 11) is -3.81. The van der Waals surface area contributed by atoms with E-state index in [1.165, 1.54) is 4.31 Å². The lowest BCUT2D eigenvalue weighted by atomic mass is 9.75. The average molecular weight is 607 g/mol. The van der Waals surface area contributed by atoms with Crippen LogP contribution in [0, 0.1) is 11.3 Å². The van der Waals surface area contributed by atoms with Gasteiger partial charge in [0.2, 0.25) is 27.7 Å². The fraction of sp³-hybridized carbons (Fsp3) is 0.469. The summed E-state index contributed by atoms with van der Waals surface area (Å²) < 4.78 is 34.5. The molecular formula is C32H38N4O6S. The number of hydrogen-bond donors (Lipinski definition) is 3. The first kappa shape index (κ1) is 29.5. The Bertz CT molecular complexity index is 1520. The summed E-state index contributed by atoms with van der Waals surface area (Å²) >= 11 is 0. The molecule has 3 amide bonds. The minimum Gasteiger partial charge on any atom is -0.381 e. The standard InChI is InChI=1S/C32H38N4O6S/c37-29-20-24-19-25(9-10-26(24)33-29)43(40,41)36-15-11-27-23(21-36)8-4-5-12-32(13-16-42-17-14-32)31(39)35-28(30(38)34-27)18-22-6-2-1-3-7-22/h1-7,9-10,19,23,27-28H,8,11-18,20-21H2,(H,33,37)(H,34,38)(H,35,39)/b5-4+/t23-,27+,28-/m1/s1. The Balaban J connectivity index is 1.26. The van der Waals surface area contributed by atoms with Crippen LogP contribution in [-0.4, -0.2) is 68.8 Å². The van der Waals surface area contributed by atoms with Crippen molar-refractivity contribution in [1.82, 2.24) is 14.9 Å². The molecule has 0 aromatic heterocycles. The number of carbonyl (C=O) groups excluding carboxylic acids is 3. The minimum atomic E-state index is -3.81. The third-order valence-corrected chi connectivity index (χ3v) is 11.2. The Morgan fingerprint density at radius 3 is 2.56 bits per heavy atom. The third-order valence-electron chi connectivity index (χ3n) is 9.31. The van der Waals surface area contributed by atoms with Gasteiger partial charge in [0, 0.05) is 44.5 Å². The molecule has 43 heavy (non-hydrogen) atoms. The molecule has 0 bridgehead atoms. The first-order valence-corrected chi connectivity index (χ1v) is 16.5. The third kappa shape index (κ3) is 6.25. The number of nitrogens with zero attached hydrogens (tertiary/aromatic N) is 1. The number of allylic oxidation sites excluding steroid dienone is 2. The van der Waals surface area contributed by atoms with Crippen molar-refractivity contribution in [2.24, 2.45) is 11.3 Å². The smallest absolute Gasteiger partial charge is 0.243 e. The molecule has 228 valence electrons. The lowest BCUT2D eigenvalue weighted by Gasteiger charge is -2.40. The first-order chi connectivity index (χ1) is 20.7. The molecule has 4 heterocycles. The number of fused-ring (bicyclic) bond motifs is 2. The number of benzene rings is 2. The quantitative estimate of drug-likeness (QED) is 0.458. The van der Waals surface area contributed by atoms with E-state index >= 15 is 0 Å². The number of rotatable bonds is 4. The molecule has 2 fully saturated rings. The zero-order valence-corrected chi connectivity index (χ0v) is 24.9. The molecule has 6 rings (SSSR count). The SMILES string of the molecule is O=C1Cc2cc(S(=O)(=O)N3CC[C@@H]4NC(=O)[C@@H](Cc5ccccc5)NC(=O)C5(C/C=C/C[C@@H]4C3)CCOCC5)ccc2N1. The van der Waals surface area contributed by atoms with Gasteiger partial charge in [0.25, 0.3) is 0 Å². The van der Waals surface area contributed by atoms with Crippen LogP contribution in [0.25, 0.3) is 0 Å². The molecule has 2 saturated heterocycles. The molecule has 3 N–H and O–H groups in total. The maximum Gasteiger partial charge on any atom is 0.243 e. The second-order valence-corrected chi connectivity index (χ2v) is 14.0. The molecular weight excluding hydrogens is 568 g/mol. The van der Waals surface area contributed by atoms with Crippen LogP contribution in [0.5, 0.6) is 0 Å². The predicted molar refractivity (Wildman–Crippen MR) is 161 cm³/mol. The maximum atomic E-state index is 13.8. The molecule has 3 atom stereocenters. The Kier molecular flexibility index (Phi) is 8.39. The molecule has 0 aliphatic carbocycles. The summed E-state index contributed by atoms with van der Waals surface area (Å²) in [5, 5.41) is 9.03. The molecule has 1 spiro atoms. The van der Waals surface area contributed by atoms with Crippen molar-refractivity contribution >= 4 is 33.4 Å². The summed E-state index contributed by atoms with van der Waals surface area (Å²) in [5.41, 5.74) is 1.61. The number of anilines is 1. The molecule has 4 aliphatic heterocycles. The van der Waals surface area contributed by atoms with E-state index in [1.54, 1.807) is 18.2 Å². The summed E-state index contributed by atoms with van der Waals surface area (Å²) in [6, 6.07) is 13.4. The van der Waals surface area contributed by atoms with E-state index in [-0.39, 0.29) is 54.1 Å². The van der Waals surface area contributed by atoms with E-state index in [1.807, 2.05) is 42.5 Å². The van der Waals surface area contributed by atoms with Gasteiger partial charge in [-0.15, -0.1) is 0 Å². The van der Waals surface area contributed by atoms with Crippen LogP contribution in [0.15, 0.2) is 65.6 Å². The van der Waals surface area contributed by atoms with Gasteiger partial charge in [0.05, 0.1) is 16.7 Å². The molecule has 0 unspecified atom stereocenters. The summed E-state index contributed by atoms with van der Waals surface area (Å²) in [6.07, 6.45) is 7.27. The number of piperidine rings is 1. The monoisotopic (exact) mass is 606 g/mol. The van der Waals surface area contributed by atoms with Crippen LogP contribution in [0.4, 0.5) is 5.69 Å². The fourth-order valence-corrected chi connectivity index (χ4v) is 8.24. The van der Waals surface area contributed by atoms with Gasteiger partial charge in [-0.3, -0.25) is 14.4 Å². The van der Waals surface area contributed by atoms with Crippen molar-refractivity contribution in [3.05, 3.63) is 71.8 Å². The van der Waals surface area contributed by atoms with Gasteiger partial charge in [0.15, 0.2) is 0 Å². The largest absolute Gasteiger partial charge is 0.381 e. The van der Waals surface area contributed by atoms with Crippen molar-refractivity contribution < 1.29 is 27.5 Å². The predicted octanol–water partition coefficient (Wildman–Crippen LogP) is 2.55. The molecule has 0 radical (unpaired) electrons. The second kappa shape index (κ2) is 12.2. The van der Waals surface area contributed by atoms with Crippen molar-refractivity contribution in [2.45, 2.75) is 61.9 Å². The molecule has 10 nitrogen and oxygen atoms in total. The topological polar surface area (TPSA) is 134 Å². The van der Waals surface area contributed by atoms with Crippen molar-refractivity contribution in [3.63, 3.8) is 0 Å². The molecule has 2 aromatic rings. The lowest BCUT2D eigenvalue weighted by Crippen LogP contribution is -2.58. The van der Waals surface area contributed by atoms with Crippen LogP contribution < -0.4 is 16.0 Å². The van der Waals surface area contributed by atoms with Crippen LogP contribution in [0.1, 0.15) is 43.2 Å². The molecule has 11 heteroatoms. The van der Waals surface area contributed by atoms with Gasteiger partial charge in [-0.25, -0.2) is 8.42 Å². The normalized spacial score (nSPS) is 27.1. The highest BCUT2D eigenvalue weighted by Gasteiger charge is 2.42. The number of carbonyl (C=O) groups is 3. The zero-order chi connectivity index (χ0) is 30.0. The highest BCUT2D eigenvalue weighted by atomic mass is 32.2. The fourth-order valence-electron chi connectivity index (χ4n) is 6.68. The number of amides is 3. The van der Waals surface area contributed by atoms with E-state index < -0.39 is 21.5 Å². The van der Waals surface area contributed by atoms with Gasteiger partial charge in [-0.1, -0.05) is 42.5 Å². The summed E-state index contributed by atoms with van der Waals surface area (Å²) in [4.78, 5) is 39.5. The number of hydrogen-bond acceptors (Lipinski definition) is 6. The first-order valence-electron chi connectivity index (χ1n) is 15.0. The number of nitrogens with one attached hydrogen (secondary N) is 3. The van der Waals surface area contributed by atoms with Crippen molar-refractivity contribution in [1.29, 1.82) is 0 Å². The second-order valence-electron chi connectivity index (χ2n) is 12.1. The highest BCUT2D eigenvalue weighted by Crippen LogP contribution is 2.36. The summed E-state index contributed by atoms with van der Waals surface area (Å²) in [5.74, 6) is -0.684. The number of ether oxygens (including phenoxy) is 1. The minimum absolute atomic E-state index is 0.124. The van der Waals surface area contributed by atoms with E-state index in [2.05, 4.69) is 16.0 Å². The van der Waals surface area contributed by atoms with E-state index in [0.717, 1.165) is 5.56 Å². The van der Waals surface area contributed by atoms with Crippen LogP contribution in [-0.2, 0) is 42.0 Å². The van der Waals surface area contributed by atoms with Crippen LogP contribution in [0.3, 0.4) is 0 Å². The Labute approximate surface area is 252 Å². The number of sulfonamides is 1. The van der Waals surface area contributed by atoms with E-state index in [0.29, 0.717) is 63.0 Å². The molecule has 2 aromatic carbocycles. The highest BCUT2D eigenvalue weighted by molar-refractivity contribution is 7.89. The maximum absolute atomic E-state index is 13.8.